The molecule has 0 saturated carbocycles. The van der Waals surface area contributed by atoms with Crippen LogP contribution >= 0.6 is 0 Å². The summed E-state index contributed by atoms with van der Waals surface area (Å²) in [5.74, 6) is -0.829. The van der Waals surface area contributed by atoms with Crippen molar-refractivity contribution in [3.05, 3.63) is 106 Å². The number of rotatable bonds is 1. The zero-order valence-electron chi connectivity index (χ0n) is 17.0. The zero-order chi connectivity index (χ0) is 21.4. The molecule has 6 heteroatoms. The van der Waals surface area contributed by atoms with Crippen LogP contribution in [0.25, 0.3) is 6.08 Å². The van der Waals surface area contributed by atoms with Crippen molar-refractivity contribution in [3.63, 3.8) is 0 Å². The van der Waals surface area contributed by atoms with Crippen LogP contribution in [0.4, 0.5) is 0 Å². The maximum Gasteiger partial charge on any atom is 0.277 e. The first-order valence-electron chi connectivity index (χ1n) is 10.5. The van der Waals surface area contributed by atoms with E-state index in [1.807, 2.05) is 35.3 Å². The fourth-order valence-corrected chi connectivity index (χ4v) is 4.44. The smallest absolute Gasteiger partial charge is 0.277 e. The third-order valence-electron chi connectivity index (χ3n) is 5.94. The van der Waals surface area contributed by atoms with Crippen molar-refractivity contribution in [2.45, 2.75) is 18.9 Å². The van der Waals surface area contributed by atoms with Gasteiger partial charge in [0.15, 0.2) is 11.4 Å². The second-order valence-corrected chi connectivity index (χ2v) is 7.86. The third-order valence-corrected chi connectivity index (χ3v) is 5.94. The summed E-state index contributed by atoms with van der Waals surface area (Å²) < 4.78 is 1.64. The minimum Gasteiger partial charge on any atom is -0.502 e. The Morgan fingerprint density at radius 1 is 0.935 bits per heavy atom. The van der Waals surface area contributed by atoms with Crippen LogP contribution in [0.15, 0.2) is 77.7 Å². The maximum absolute atomic E-state index is 13.2. The van der Waals surface area contributed by atoms with Crippen LogP contribution in [-0.4, -0.2) is 33.8 Å². The highest BCUT2D eigenvalue weighted by Gasteiger charge is 2.36. The van der Waals surface area contributed by atoms with Gasteiger partial charge in [-0.3, -0.25) is 19.3 Å². The molecule has 31 heavy (non-hydrogen) atoms. The fraction of sp³-hybridized carbons (Fsp3) is 0.200. The summed E-state index contributed by atoms with van der Waals surface area (Å²) in [5, 5.41) is 12.6. The van der Waals surface area contributed by atoms with E-state index >= 15 is 0 Å². The first-order valence-corrected chi connectivity index (χ1v) is 10.5. The molecular formula is C25H23N3O3. The van der Waals surface area contributed by atoms with Gasteiger partial charge in [0.1, 0.15) is 6.67 Å². The molecule has 1 unspecified atom stereocenters. The lowest BCUT2D eigenvalue weighted by Crippen LogP contribution is -2.55. The van der Waals surface area contributed by atoms with Crippen LogP contribution in [0.5, 0.6) is 5.75 Å². The lowest BCUT2D eigenvalue weighted by atomic mass is 9.93. The molecule has 0 aliphatic carbocycles. The Hall–Kier alpha value is -3.80. The molecule has 1 N–H and O–H groups in total. The molecule has 156 valence electrons. The van der Waals surface area contributed by atoms with Crippen LogP contribution in [0.1, 0.15) is 46.1 Å². The summed E-state index contributed by atoms with van der Waals surface area (Å²) in [6.45, 7) is 0.891. The third kappa shape index (κ3) is 3.30. The van der Waals surface area contributed by atoms with Gasteiger partial charge in [0.2, 0.25) is 5.43 Å². The Morgan fingerprint density at radius 3 is 2.55 bits per heavy atom. The largest absolute Gasteiger partial charge is 0.502 e. The predicted molar refractivity (Wildman–Crippen MR) is 119 cm³/mol. The van der Waals surface area contributed by atoms with Gasteiger partial charge in [-0.05, 0) is 29.5 Å². The predicted octanol–water partition coefficient (Wildman–Crippen LogP) is 3.50. The van der Waals surface area contributed by atoms with Gasteiger partial charge in [0.25, 0.3) is 5.91 Å². The van der Waals surface area contributed by atoms with Gasteiger partial charge in [0.05, 0.1) is 6.04 Å². The first kappa shape index (κ1) is 19.2. The van der Waals surface area contributed by atoms with Crippen molar-refractivity contribution >= 4 is 12.0 Å². The highest BCUT2D eigenvalue weighted by molar-refractivity contribution is 5.96. The molecule has 2 aliphatic heterocycles. The van der Waals surface area contributed by atoms with Crippen molar-refractivity contribution in [1.29, 1.82) is 0 Å². The van der Waals surface area contributed by atoms with E-state index in [1.165, 1.54) is 6.07 Å². The molecule has 2 bridgehead atoms. The van der Waals surface area contributed by atoms with E-state index in [1.54, 1.807) is 15.8 Å². The molecule has 6 nitrogen and oxygen atoms in total. The number of pyridine rings is 1. The summed E-state index contributed by atoms with van der Waals surface area (Å²) in [4.78, 5) is 27.1. The number of aromatic hydroxyl groups is 1. The Kier molecular flexibility index (Phi) is 4.82. The van der Waals surface area contributed by atoms with Crippen LogP contribution < -0.4 is 10.4 Å². The average Bonchev–Trinajstić information content (AvgIpc) is 2.82. The van der Waals surface area contributed by atoms with Gasteiger partial charge in [0, 0.05) is 18.8 Å². The number of fused-ring (bicyclic) bond motifs is 5. The number of hydrogen-bond acceptors (Lipinski definition) is 4. The molecule has 0 saturated heterocycles. The van der Waals surface area contributed by atoms with Crippen LogP contribution in [0, 0.1) is 0 Å². The highest BCUT2D eigenvalue weighted by atomic mass is 16.3. The summed E-state index contributed by atoms with van der Waals surface area (Å²) in [6, 6.07) is 19.4. The van der Waals surface area contributed by atoms with E-state index in [0.29, 0.717) is 13.2 Å². The summed E-state index contributed by atoms with van der Waals surface area (Å²) in [5.41, 5.74) is 2.72. The van der Waals surface area contributed by atoms with E-state index in [-0.39, 0.29) is 17.6 Å². The Labute approximate surface area is 180 Å². The van der Waals surface area contributed by atoms with Crippen molar-refractivity contribution in [1.82, 2.24) is 9.58 Å². The molecule has 2 aliphatic rings. The molecule has 0 spiro atoms. The fourth-order valence-electron chi connectivity index (χ4n) is 4.44. The van der Waals surface area contributed by atoms with Gasteiger partial charge >= 0.3 is 0 Å². The van der Waals surface area contributed by atoms with Gasteiger partial charge in [-0.1, -0.05) is 66.7 Å². The van der Waals surface area contributed by atoms with Crippen molar-refractivity contribution in [3.8, 4) is 5.75 Å². The standard InChI is InChI=1S/C25H23N3O3/c29-21-14-16-27-23(24(21)30)25(31)26-15-8-2-5-9-18-10-6-7-13-20(18)22(28(27)17-26)19-11-3-1-4-12-19/h1,3-7,9-14,16,22,30H,2,8,15,17H2/b9-5-. The number of nitrogens with zero attached hydrogens (tertiary/aromatic N) is 3. The van der Waals surface area contributed by atoms with Crippen molar-refractivity contribution in [2.75, 3.05) is 18.2 Å². The van der Waals surface area contributed by atoms with E-state index in [4.69, 9.17) is 0 Å². The SMILES string of the molecule is O=C1c2c(O)c(=O)ccn2N2CN1CCC/C=C\c1ccccc1C2c1ccccc1. The first-order chi connectivity index (χ1) is 15.1. The molecule has 5 rings (SSSR count). The number of hydrogen-bond donors (Lipinski definition) is 1. The number of benzene rings is 2. The number of allylic oxidation sites excluding steroid dienone is 1. The van der Waals surface area contributed by atoms with E-state index in [9.17, 15) is 14.7 Å². The highest BCUT2D eigenvalue weighted by Crippen LogP contribution is 2.34. The second-order valence-electron chi connectivity index (χ2n) is 7.86. The molecule has 0 radical (unpaired) electrons. The number of carbonyl (C=O) groups excluding carboxylic acids is 1. The number of aromatic nitrogens is 1. The zero-order valence-corrected chi connectivity index (χ0v) is 17.0. The molecule has 1 amide bonds. The quantitative estimate of drug-likeness (QED) is 0.663. The summed E-state index contributed by atoms with van der Waals surface area (Å²) in [6.07, 6.45) is 7.50. The Morgan fingerprint density at radius 2 is 1.71 bits per heavy atom. The molecule has 3 aromatic rings. The average molecular weight is 413 g/mol. The van der Waals surface area contributed by atoms with Crippen LogP contribution in [0.2, 0.25) is 0 Å². The summed E-state index contributed by atoms with van der Waals surface area (Å²) >= 11 is 0. The van der Waals surface area contributed by atoms with Gasteiger partial charge in [-0.25, -0.2) is 0 Å². The minimum atomic E-state index is -0.552. The molecule has 0 fully saturated rings. The number of amides is 1. The Balaban J connectivity index is 1.80. The van der Waals surface area contributed by atoms with Crippen molar-refractivity contribution in [2.24, 2.45) is 0 Å². The topological polar surface area (TPSA) is 65.8 Å². The lowest BCUT2D eigenvalue weighted by molar-refractivity contribution is 0.0678. The molecule has 1 aromatic heterocycles. The van der Waals surface area contributed by atoms with Crippen LogP contribution in [-0.2, 0) is 0 Å². The van der Waals surface area contributed by atoms with E-state index in [0.717, 1.165) is 29.5 Å². The van der Waals surface area contributed by atoms with E-state index in [2.05, 4.69) is 36.4 Å². The van der Waals surface area contributed by atoms with Gasteiger partial charge in [-0.2, -0.15) is 0 Å². The monoisotopic (exact) mass is 413 g/mol. The summed E-state index contributed by atoms with van der Waals surface area (Å²) in [7, 11) is 0. The molecular weight excluding hydrogens is 390 g/mol. The maximum atomic E-state index is 13.2. The van der Waals surface area contributed by atoms with Crippen LogP contribution in [0.3, 0.4) is 0 Å². The van der Waals surface area contributed by atoms with Crippen molar-refractivity contribution < 1.29 is 9.90 Å². The molecule has 2 aromatic carbocycles. The molecule has 1 atom stereocenters. The van der Waals surface area contributed by atoms with E-state index < -0.39 is 11.2 Å². The Bertz CT molecular complexity index is 1220. The van der Waals surface area contributed by atoms with Gasteiger partial charge < -0.3 is 10.0 Å². The number of carbonyl (C=O) groups is 1. The normalized spacial score (nSPS) is 19.2. The minimum absolute atomic E-state index is 0.0179. The second kappa shape index (κ2) is 7.80. The lowest BCUT2D eigenvalue weighted by Gasteiger charge is -2.44. The molecule has 3 heterocycles. The van der Waals surface area contributed by atoms with Gasteiger partial charge in [-0.15, -0.1) is 0 Å².